The zero-order valence-corrected chi connectivity index (χ0v) is 24.2. The predicted molar refractivity (Wildman–Crippen MR) is 172 cm³/mol. The Morgan fingerprint density at radius 3 is 1.50 bits per heavy atom. The van der Waals surface area contributed by atoms with E-state index in [1.807, 2.05) is 24.3 Å². The molecule has 0 heterocycles. The van der Waals surface area contributed by atoms with Crippen LogP contribution in [0.4, 0.5) is 11.4 Å². The van der Waals surface area contributed by atoms with E-state index in [-0.39, 0.29) is 0 Å². The Morgan fingerprint density at radius 1 is 0.575 bits per heavy atom. The van der Waals surface area contributed by atoms with Crippen molar-refractivity contribution in [3.63, 3.8) is 0 Å². The van der Waals surface area contributed by atoms with Crippen LogP contribution in [-0.4, -0.2) is 0 Å². The highest BCUT2D eigenvalue weighted by molar-refractivity contribution is 5.42. The van der Waals surface area contributed by atoms with Gasteiger partial charge in [0.25, 0.3) is 0 Å². The summed E-state index contributed by atoms with van der Waals surface area (Å²) in [6.07, 6.45) is 12.5. The lowest BCUT2D eigenvalue weighted by molar-refractivity contribution is 0.269. The quantitative estimate of drug-likeness (QED) is 0.150. The number of unbranched alkanes of at least 4 members (excludes halogenated alkanes) is 2. The Labute approximate surface area is 241 Å². The number of benzene rings is 4. The molecule has 0 aliphatic heterocycles. The van der Waals surface area contributed by atoms with Crippen molar-refractivity contribution in [2.75, 3.05) is 11.5 Å². The third-order valence-electron chi connectivity index (χ3n) is 9.09. The molecular formula is C38H46N2. The van der Waals surface area contributed by atoms with Crippen molar-refractivity contribution < 1.29 is 0 Å². The molecule has 1 fully saturated rings. The van der Waals surface area contributed by atoms with Crippen LogP contribution in [0.15, 0.2) is 97.1 Å². The highest BCUT2D eigenvalue weighted by atomic mass is 14.5. The van der Waals surface area contributed by atoms with Crippen LogP contribution in [-0.2, 0) is 12.8 Å². The van der Waals surface area contributed by atoms with E-state index in [0.717, 1.165) is 30.1 Å². The van der Waals surface area contributed by atoms with E-state index in [0.29, 0.717) is 11.8 Å². The fraction of sp³-hybridized carbons (Fsp3) is 0.368. The van der Waals surface area contributed by atoms with Gasteiger partial charge in [-0.05, 0) is 120 Å². The number of hydrogen-bond donors (Lipinski definition) is 2. The summed E-state index contributed by atoms with van der Waals surface area (Å²) < 4.78 is 0. The van der Waals surface area contributed by atoms with Crippen molar-refractivity contribution in [3.8, 4) is 0 Å². The van der Waals surface area contributed by atoms with E-state index >= 15 is 0 Å². The number of rotatable bonds is 11. The van der Waals surface area contributed by atoms with Crippen molar-refractivity contribution in [1.82, 2.24) is 0 Å². The van der Waals surface area contributed by atoms with Crippen LogP contribution >= 0.6 is 0 Å². The maximum absolute atomic E-state index is 5.87. The fourth-order valence-corrected chi connectivity index (χ4v) is 6.68. The minimum Gasteiger partial charge on any atom is -0.399 e. The first-order chi connectivity index (χ1) is 19.6. The molecule has 0 amide bonds. The van der Waals surface area contributed by atoms with Crippen molar-refractivity contribution in [2.24, 2.45) is 5.92 Å². The van der Waals surface area contributed by atoms with Gasteiger partial charge in [0.15, 0.2) is 0 Å². The summed E-state index contributed by atoms with van der Waals surface area (Å²) in [7, 11) is 0. The Morgan fingerprint density at radius 2 is 1.02 bits per heavy atom. The van der Waals surface area contributed by atoms with Crippen LogP contribution < -0.4 is 11.5 Å². The Hall–Kier alpha value is -3.52. The highest BCUT2D eigenvalue weighted by Crippen LogP contribution is 2.44. The van der Waals surface area contributed by atoms with Crippen molar-refractivity contribution >= 4 is 11.4 Å². The van der Waals surface area contributed by atoms with Crippen molar-refractivity contribution in [2.45, 2.75) is 83.0 Å². The maximum Gasteiger partial charge on any atom is 0.0314 e. The van der Waals surface area contributed by atoms with E-state index in [1.165, 1.54) is 79.2 Å². The molecule has 0 radical (unpaired) electrons. The molecule has 1 saturated carbocycles. The first-order valence-electron chi connectivity index (χ1n) is 15.4. The summed E-state index contributed by atoms with van der Waals surface area (Å²) in [5.74, 6) is 2.17. The van der Waals surface area contributed by atoms with E-state index in [2.05, 4.69) is 79.7 Å². The SMILES string of the molecule is CCCCCC(c1ccc(Cc2ccc(N)cc2)cc1)C1CCC(c2ccc(Cc3ccc(N)cc3)cc2)CC1. The molecule has 1 unspecified atom stereocenters. The van der Waals surface area contributed by atoms with Gasteiger partial charge >= 0.3 is 0 Å². The van der Waals surface area contributed by atoms with Gasteiger partial charge < -0.3 is 11.5 Å². The maximum atomic E-state index is 5.87. The molecule has 208 valence electrons. The number of hydrogen-bond acceptors (Lipinski definition) is 2. The molecule has 2 heteroatoms. The van der Waals surface area contributed by atoms with E-state index < -0.39 is 0 Å². The van der Waals surface area contributed by atoms with Gasteiger partial charge in [-0.15, -0.1) is 0 Å². The molecule has 0 bridgehead atoms. The molecule has 0 spiro atoms. The standard InChI is InChI=1S/C38H46N2/c1-2-3-4-5-38(34-16-8-29(9-17-34)27-31-12-24-37(40)25-13-31)35-20-18-33(19-21-35)32-14-6-28(7-15-32)26-30-10-22-36(39)23-11-30/h6-17,22-25,33,35,38H,2-5,18-21,26-27,39-40H2,1H3. The molecule has 0 aromatic heterocycles. The average molecular weight is 531 g/mol. The van der Waals surface area contributed by atoms with Gasteiger partial charge in [-0.1, -0.05) is 99.0 Å². The molecule has 1 atom stereocenters. The number of nitrogens with two attached hydrogens (primary N) is 2. The van der Waals surface area contributed by atoms with Crippen LogP contribution in [0.5, 0.6) is 0 Å². The first-order valence-corrected chi connectivity index (χ1v) is 15.4. The van der Waals surface area contributed by atoms with E-state index in [9.17, 15) is 0 Å². The molecule has 5 rings (SSSR count). The minimum absolute atomic E-state index is 0.681. The lowest BCUT2D eigenvalue weighted by Crippen LogP contribution is -2.20. The normalized spacial score (nSPS) is 17.9. The predicted octanol–water partition coefficient (Wildman–Crippen LogP) is 9.67. The zero-order chi connectivity index (χ0) is 27.7. The average Bonchev–Trinajstić information content (AvgIpc) is 2.99. The summed E-state index contributed by atoms with van der Waals surface area (Å²) in [5.41, 5.74) is 21.8. The minimum atomic E-state index is 0.681. The molecule has 40 heavy (non-hydrogen) atoms. The van der Waals surface area contributed by atoms with Gasteiger partial charge in [0.2, 0.25) is 0 Å². The Balaban J connectivity index is 1.19. The summed E-state index contributed by atoms with van der Waals surface area (Å²) in [5, 5.41) is 0. The topological polar surface area (TPSA) is 52.0 Å². The number of nitrogen functional groups attached to an aromatic ring is 2. The largest absolute Gasteiger partial charge is 0.399 e. The molecule has 2 nitrogen and oxygen atoms in total. The van der Waals surface area contributed by atoms with Crippen LogP contribution in [0, 0.1) is 5.92 Å². The van der Waals surface area contributed by atoms with Crippen LogP contribution in [0.2, 0.25) is 0 Å². The molecule has 1 aliphatic rings. The summed E-state index contributed by atoms with van der Waals surface area (Å²) in [4.78, 5) is 0. The third-order valence-corrected chi connectivity index (χ3v) is 9.09. The van der Waals surface area contributed by atoms with Crippen LogP contribution in [0.25, 0.3) is 0 Å². The highest BCUT2D eigenvalue weighted by Gasteiger charge is 2.29. The summed E-state index contributed by atoms with van der Waals surface area (Å²) >= 11 is 0. The van der Waals surface area contributed by atoms with Crippen molar-refractivity contribution in [3.05, 3.63) is 130 Å². The summed E-state index contributed by atoms with van der Waals surface area (Å²) in [6.45, 7) is 2.31. The van der Waals surface area contributed by atoms with E-state index in [1.54, 1.807) is 5.56 Å². The molecule has 0 saturated heterocycles. The van der Waals surface area contributed by atoms with Gasteiger partial charge in [-0.25, -0.2) is 0 Å². The Bertz CT molecular complexity index is 1300. The zero-order valence-electron chi connectivity index (χ0n) is 24.2. The summed E-state index contributed by atoms with van der Waals surface area (Å²) in [6, 6.07) is 35.5. The third kappa shape index (κ3) is 7.56. The fourth-order valence-electron chi connectivity index (χ4n) is 6.68. The second-order valence-corrected chi connectivity index (χ2v) is 12.0. The van der Waals surface area contributed by atoms with Gasteiger partial charge in [0, 0.05) is 11.4 Å². The van der Waals surface area contributed by atoms with Gasteiger partial charge in [-0.3, -0.25) is 0 Å². The molecular weight excluding hydrogens is 484 g/mol. The molecule has 4 aromatic carbocycles. The second kappa shape index (κ2) is 13.7. The molecule has 1 aliphatic carbocycles. The van der Waals surface area contributed by atoms with Crippen LogP contribution in [0.1, 0.15) is 104 Å². The van der Waals surface area contributed by atoms with Gasteiger partial charge in [-0.2, -0.15) is 0 Å². The number of anilines is 2. The Kier molecular flexibility index (Phi) is 9.60. The smallest absolute Gasteiger partial charge is 0.0314 e. The van der Waals surface area contributed by atoms with E-state index in [4.69, 9.17) is 11.5 Å². The second-order valence-electron chi connectivity index (χ2n) is 12.0. The van der Waals surface area contributed by atoms with Gasteiger partial charge in [0.1, 0.15) is 0 Å². The molecule has 4 N–H and O–H groups in total. The molecule has 4 aromatic rings. The monoisotopic (exact) mass is 530 g/mol. The first kappa shape index (κ1) is 28.0. The van der Waals surface area contributed by atoms with Crippen molar-refractivity contribution in [1.29, 1.82) is 0 Å². The van der Waals surface area contributed by atoms with Crippen LogP contribution in [0.3, 0.4) is 0 Å². The van der Waals surface area contributed by atoms with Gasteiger partial charge in [0.05, 0.1) is 0 Å². The lowest BCUT2D eigenvalue weighted by Gasteiger charge is -2.35. The lowest BCUT2D eigenvalue weighted by atomic mass is 9.70.